The maximum Gasteiger partial charge on any atom is 0.0820 e. The summed E-state index contributed by atoms with van der Waals surface area (Å²) in [5, 5.41) is 0. The standard InChI is InChI=1S/C10H16O/c1-4-9-8(2)6-5-7-10(9)11-3/h4,10H,2,5-7H2,1,3H3/b9-4+. The van der Waals surface area contributed by atoms with E-state index in [1.165, 1.54) is 17.6 Å². The average molecular weight is 152 g/mol. The molecular weight excluding hydrogens is 136 g/mol. The molecule has 11 heavy (non-hydrogen) atoms. The predicted octanol–water partition coefficient (Wildman–Crippen LogP) is 2.69. The topological polar surface area (TPSA) is 9.23 Å². The predicted molar refractivity (Wildman–Crippen MR) is 47.5 cm³/mol. The van der Waals surface area contributed by atoms with Gasteiger partial charge in [0.1, 0.15) is 0 Å². The summed E-state index contributed by atoms with van der Waals surface area (Å²) in [4.78, 5) is 0. The number of hydrogen-bond acceptors (Lipinski definition) is 1. The summed E-state index contributed by atoms with van der Waals surface area (Å²) < 4.78 is 5.34. The normalized spacial score (nSPS) is 29.5. The first-order valence-electron chi connectivity index (χ1n) is 4.16. The van der Waals surface area contributed by atoms with E-state index in [1.807, 2.05) is 0 Å². The van der Waals surface area contributed by atoms with Gasteiger partial charge in [0.05, 0.1) is 6.10 Å². The number of methoxy groups -OCH3 is 1. The Hall–Kier alpha value is -0.560. The van der Waals surface area contributed by atoms with Gasteiger partial charge in [0.15, 0.2) is 0 Å². The van der Waals surface area contributed by atoms with Crippen molar-refractivity contribution in [3.05, 3.63) is 23.8 Å². The van der Waals surface area contributed by atoms with E-state index in [1.54, 1.807) is 7.11 Å². The molecule has 0 aromatic carbocycles. The Morgan fingerprint density at radius 3 is 2.82 bits per heavy atom. The number of ether oxygens (including phenoxy) is 1. The molecule has 0 spiro atoms. The van der Waals surface area contributed by atoms with Crippen LogP contribution in [-0.4, -0.2) is 13.2 Å². The highest BCUT2D eigenvalue weighted by Crippen LogP contribution is 2.29. The fraction of sp³-hybridized carbons (Fsp3) is 0.600. The minimum Gasteiger partial charge on any atom is -0.377 e. The lowest BCUT2D eigenvalue weighted by Gasteiger charge is -2.25. The van der Waals surface area contributed by atoms with Crippen LogP contribution in [0.3, 0.4) is 0 Å². The van der Waals surface area contributed by atoms with Crippen molar-refractivity contribution in [1.82, 2.24) is 0 Å². The Balaban J connectivity index is 2.72. The van der Waals surface area contributed by atoms with Gasteiger partial charge in [-0.3, -0.25) is 0 Å². The lowest BCUT2D eigenvalue weighted by molar-refractivity contribution is 0.117. The van der Waals surface area contributed by atoms with Gasteiger partial charge in [-0.25, -0.2) is 0 Å². The van der Waals surface area contributed by atoms with E-state index in [9.17, 15) is 0 Å². The van der Waals surface area contributed by atoms with Crippen molar-refractivity contribution < 1.29 is 4.74 Å². The zero-order valence-corrected chi connectivity index (χ0v) is 7.39. The molecule has 0 radical (unpaired) electrons. The van der Waals surface area contributed by atoms with Crippen LogP contribution in [0.2, 0.25) is 0 Å². The lowest BCUT2D eigenvalue weighted by atomic mass is 9.88. The maximum absolute atomic E-state index is 5.34. The SMILES string of the molecule is C=C1CCCC(OC)/C1=C/C. The number of rotatable bonds is 1. The molecule has 0 amide bonds. The minimum atomic E-state index is 0.307. The Morgan fingerprint density at radius 1 is 1.64 bits per heavy atom. The Bertz CT molecular complexity index is 179. The van der Waals surface area contributed by atoms with Crippen molar-refractivity contribution in [1.29, 1.82) is 0 Å². The Morgan fingerprint density at radius 2 is 2.36 bits per heavy atom. The molecule has 0 heterocycles. The second-order valence-corrected chi connectivity index (χ2v) is 2.96. The van der Waals surface area contributed by atoms with Gasteiger partial charge in [-0.05, 0) is 37.3 Å². The summed E-state index contributed by atoms with van der Waals surface area (Å²) >= 11 is 0. The Labute approximate surface area is 68.8 Å². The van der Waals surface area contributed by atoms with Gasteiger partial charge in [-0.1, -0.05) is 12.7 Å². The van der Waals surface area contributed by atoms with Gasteiger partial charge in [0, 0.05) is 7.11 Å². The van der Waals surface area contributed by atoms with Crippen molar-refractivity contribution in [3.8, 4) is 0 Å². The first-order valence-corrected chi connectivity index (χ1v) is 4.16. The lowest BCUT2D eigenvalue weighted by Crippen LogP contribution is -2.19. The molecule has 1 rings (SSSR count). The zero-order valence-electron chi connectivity index (χ0n) is 7.39. The molecule has 1 saturated carbocycles. The summed E-state index contributed by atoms with van der Waals surface area (Å²) in [7, 11) is 1.77. The summed E-state index contributed by atoms with van der Waals surface area (Å²) in [5.41, 5.74) is 2.56. The second-order valence-electron chi connectivity index (χ2n) is 2.96. The van der Waals surface area contributed by atoms with Crippen LogP contribution in [0.15, 0.2) is 23.8 Å². The molecule has 1 heteroatoms. The third-order valence-corrected chi connectivity index (χ3v) is 2.30. The second kappa shape index (κ2) is 3.72. The molecule has 0 saturated heterocycles. The molecule has 1 nitrogen and oxygen atoms in total. The molecule has 0 N–H and O–H groups in total. The minimum absolute atomic E-state index is 0.307. The third-order valence-electron chi connectivity index (χ3n) is 2.30. The van der Waals surface area contributed by atoms with Gasteiger partial charge >= 0.3 is 0 Å². The molecule has 1 aliphatic rings. The largest absolute Gasteiger partial charge is 0.377 e. The molecule has 1 atom stereocenters. The molecule has 0 aliphatic heterocycles. The van der Waals surface area contributed by atoms with Crippen LogP contribution in [-0.2, 0) is 4.74 Å². The highest BCUT2D eigenvalue weighted by molar-refractivity contribution is 5.33. The highest BCUT2D eigenvalue weighted by Gasteiger charge is 2.19. The van der Waals surface area contributed by atoms with Crippen LogP contribution >= 0.6 is 0 Å². The van der Waals surface area contributed by atoms with Crippen LogP contribution in [0.4, 0.5) is 0 Å². The van der Waals surface area contributed by atoms with Gasteiger partial charge < -0.3 is 4.74 Å². The maximum atomic E-state index is 5.34. The van der Waals surface area contributed by atoms with Crippen molar-refractivity contribution in [2.45, 2.75) is 32.3 Å². The van der Waals surface area contributed by atoms with Crippen molar-refractivity contribution in [2.24, 2.45) is 0 Å². The summed E-state index contributed by atoms with van der Waals surface area (Å²) in [6.45, 7) is 6.07. The summed E-state index contributed by atoms with van der Waals surface area (Å²) in [6, 6.07) is 0. The molecular formula is C10H16O. The van der Waals surface area contributed by atoms with E-state index in [2.05, 4.69) is 19.6 Å². The first-order chi connectivity index (χ1) is 5.29. The zero-order chi connectivity index (χ0) is 8.27. The van der Waals surface area contributed by atoms with Gasteiger partial charge in [-0.2, -0.15) is 0 Å². The van der Waals surface area contributed by atoms with Crippen molar-refractivity contribution in [2.75, 3.05) is 7.11 Å². The van der Waals surface area contributed by atoms with Crippen molar-refractivity contribution >= 4 is 0 Å². The molecule has 62 valence electrons. The van der Waals surface area contributed by atoms with E-state index in [0.717, 1.165) is 12.8 Å². The van der Waals surface area contributed by atoms with E-state index < -0.39 is 0 Å². The van der Waals surface area contributed by atoms with Gasteiger partial charge in [-0.15, -0.1) is 0 Å². The molecule has 0 bridgehead atoms. The highest BCUT2D eigenvalue weighted by atomic mass is 16.5. The van der Waals surface area contributed by atoms with Crippen LogP contribution < -0.4 is 0 Å². The van der Waals surface area contributed by atoms with E-state index in [4.69, 9.17) is 4.74 Å². The fourth-order valence-corrected chi connectivity index (χ4v) is 1.66. The van der Waals surface area contributed by atoms with Gasteiger partial charge in [0.2, 0.25) is 0 Å². The average Bonchev–Trinajstić information content (AvgIpc) is 2.04. The van der Waals surface area contributed by atoms with Crippen LogP contribution in [0.5, 0.6) is 0 Å². The monoisotopic (exact) mass is 152 g/mol. The molecule has 1 fully saturated rings. The molecule has 0 aromatic heterocycles. The molecule has 0 aromatic rings. The summed E-state index contributed by atoms with van der Waals surface area (Å²) in [6.07, 6.45) is 5.93. The smallest absolute Gasteiger partial charge is 0.0820 e. The number of hydrogen-bond donors (Lipinski definition) is 0. The summed E-state index contributed by atoms with van der Waals surface area (Å²) in [5.74, 6) is 0. The van der Waals surface area contributed by atoms with Crippen molar-refractivity contribution in [3.63, 3.8) is 0 Å². The van der Waals surface area contributed by atoms with Gasteiger partial charge in [0.25, 0.3) is 0 Å². The third kappa shape index (κ3) is 1.72. The first kappa shape index (κ1) is 8.54. The van der Waals surface area contributed by atoms with Crippen LogP contribution in [0.1, 0.15) is 26.2 Å². The van der Waals surface area contributed by atoms with E-state index in [-0.39, 0.29) is 0 Å². The van der Waals surface area contributed by atoms with E-state index in [0.29, 0.717) is 6.10 Å². The molecule has 1 aliphatic carbocycles. The van der Waals surface area contributed by atoms with Crippen LogP contribution in [0, 0.1) is 0 Å². The van der Waals surface area contributed by atoms with E-state index >= 15 is 0 Å². The Kier molecular flexibility index (Phi) is 2.89. The molecule has 1 unspecified atom stereocenters. The fourth-order valence-electron chi connectivity index (χ4n) is 1.66. The quantitative estimate of drug-likeness (QED) is 0.561. The van der Waals surface area contributed by atoms with Crippen LogP contribution in [0.25, 0.3) is 0 Å². The number of allylic oxidation sites excluding steroid dienone is 1.